The maximum atomic E-state index is 11.9. The van der Waals surface area contributed by atoms with E-state index in [2.05, 4.69) is 16.8 Å². The number of nitrogens with two attached hydrogens (primary N) is 1. The summed E-state index contributed by atoms with van der Waals surface area (Å²) in [5, 5.41) is 1.72. The van der Waals surface area contributed by atoms with Crippen LogP contribution in [0.5, 0.6) is 0 Å². The van der Waals surface area contributed by atoms with E-state index in [4.69, 9.17) is 5.73 Å². The number of alkyl halides is 3. The van der Waals surface area contributed by atoms with Crippen LogP contribution >= 0.6 is 0 Å². The summed E-state index contributed by atoms with van der Waals surface area (Å²) in [4.78, 5) is 15.0. The normalized spacial score (nSPS) is 10.4. The largest absolute Gasteiger partial charge is 0.405 e. The molecule has 0 aromatic carbocycles. The van der Waals surface area contributed by atoms with Crippen molar-refractivity contribution in [1.29, 1.82) is 0 Å². The predicted octanol–water partition coefficient (Wildman–Crippen LogP) is 0.684. The number of rotatable bonds is 2. The number of nitrogens with zero attached hydrogens (tertiary/aromatic N) is 1. The van der Waals surface area contributed by atoms with Crippen LogP contribution in [-0.4, -0.2) is 30.2 Å². The van der Waals surface area contributed by atoms with Gasteiger partial charge < -0.3 is 11.1 Å². The second-order valence-electron chi connectivity index (χ2n) is 3.24. The average Bonchev–Trinajstić information content (AvgIpc) is 2.33. The van der Waals surface area contributed by atoms with Crippen molar-refractivity contribution in [2.75, 3.05) is 13.1 Å². The van der Waals surface area contributed by atoms with E-state index in [0.29, 0.717) is 5.56 Å². The molecular weight excluding hydrogens is 247 g/mol. The van der Waals surface area contributed by atoms with E-state index in [1.54, 1.807) is 5.32 Å². The van der Waals surface area contributed by atoms with Crippen LogP contribution in [-0.2, 0) is 0 Å². The van der Waals surface area contributed by atoms with Gasteiger partial charge in [0.25, 0.3) is 5.91 Å². The van der Waals surface area contributed by atoms with Crippen molar-refractivity contribution in [2.45, 2.75) is 6.18 Å². The van der Waals surface area contributed by atoms with Crippen molar-refractivity contribution in [1.82, 2.24) is 10.3 Å². The molecule has 4 nitrogen and oxygen atoms in total. The third kappa shape index (κ3) is 4.84. The number of carbonyl (C=O) groups excluding carboxylic acids is 1. The molecule has 0 aliphatic rings. The van der Waals surface area contributed by atoms with Gasteiger partial charge in [-0.1, -0.05) is 11.8 Å². The lowest BCUT2D eigenvalue weighted by Gasteiger charge is -2.07. The molecule has 0 aliphatic heterocycles. The molecule has 0 atom stereocenters. The van der Waals surface area contributed by atoms with Crippen molar-refractivity contribution < 1.29 is 18.0 Å². The van der Waals surface area contributed by atoms with Crippen LogP contribution in [0.2, 0.25) is 0 Å². The van der Waals surface area contributed by atoms with Crippen LogP contribution < -0.4 is 11.1 Å². The van der Waals surface area contributed by atoms with Gasteiger partial charge in [0.15, 0.2) is 0 Å². The molecule has 1 aromatic rings. The summed E-state index contributed by atoms with van der Waals surface area (Å²) in [6.45, 7) is -1.20. The molecule has 7 heteroatoms. The first-order valence-corrected chi connectivity index (χ1v) is 4.92. The van der Waals surface area contributed by atoms with Crippen molar-refractivity contribution in [3.8, 4) is 11.8 Å². The average molecular weight is 257 g/mol. The molecule has 1 heterocycles. The lowest BCUT2D eigenvalue weighted by molar-refractivity contribution is -0.123. The van der Waals surface area contributed by atoms with E-state index in [-0.39, 0.29) is 12.2 Å². The summed E-state index contributed by atoms with van der Waals surface area (Å²) in [6, 6.07) is 2.78. The van der Waals surface area contributed by atoms with Crippen LogP contribution in [0.25, 0.3) is 0 Å². The predicted molar refractivity (Wildman–Crippen MR) is 58.6 cm³/mol. The zero-order valence-electron chi connectivity index (χ0n) is 9.21. The highest BCUT2D eigenvalue weighted by Crippen LogP contribution is 2.12. The first-order valence-electron chi connectivity index (χ1n) is 4.92. The first-order chi connectivity index (χ1) is 8.42. The van der Waals surface area contributed by atoms with Gasteiger partial charge >= 0.3 is 6.18 Å². The van der Waals surface area contributed by atoms with E-state index >= 15 is 0 Å². The quantitative estimate of drug-likeness (QED) is 0.766. The highest BCUT2D eigenvalue weighted by molar-refractivity contribution is 5.92. The monoisotopic (exact) mass is 257 g/mol. The van der Waals surface area contributed by atoms with Crippen LogP contribution in [0, 0.1) is 11.8 Å². The number of pyridine rings is 1. The topological polar surface area (TPSA) is 68.0 Å². The summed E-state index contributed by atoms with van der Waals surface area (Å²) in [6.07, 6.45) is -3.15. The zero-order valence-corrected chi connectivity index (χ0v) is 9.21. The third-order valence-electron chi connectivity index (χ3n) is 1.78. The summed E-state index contributed by atoms with van der Waals surface area (Å²) in [5.74, 6) is 4.38. The maximum absolute atomic E-state index is 11.9. The summed E-state index contributed by atoms with van der Waals surface area (Å²) in [7, 11) is 0. The number of hydrogen-bond donors (Lipinski definition) is 2. The van der Waals surface area contributed by atoms with Gasteiger partial charge in [-0.2, -0.15) is 13.2 Å². The number of nitrogens with one attached hydrogen (secondary N) is 1. The molecule has 1 aromatic heterocycles. The Hall–Kier alpha value is -2.07. The second-order valence-corrected chi connectivity index (χ2v) is 3.24. The standard InChI is InChI=1S/C11H10F3N3O/c12-11(13,14)7-17-10(18)9-4-3-8(6-16-9)2-1-5-15/h3-4,6H,5,7,15H2,(H,17,18). The van der Waals surface area contributed by atoms with Gasteiger partial charge in [0, 0.05) is 11.8 Å². The third-order valence-corrected chi connectivity index (χ3v) is 1.78. The van der Waals surface area contributed by atoms with Gasteiger partial charge in [-0.3, -0.25) is 4.79 Å². The highest BCUT2D eigenvalue weighted by Gasteiger charge is 2.28. The molecule has 0 saturated heterocycles. The number of hydrogen-bond acceptors (Lipinski definition) is 3. The number of halogens is 3. The maximum Gasteiger partial charge on any atom is 0.405 e. The number of amides is 1. The van der Waals surface area contributed by atoms with Gasteiger partial charge in [0.1, 0.15) is 12.2 Å². The summed E-state index contributed by atoms with van der Waals surface area (Å²) < 4.78 is 35.6. The second kappa shape index (κ2) is 6.02. The van der Waals surface area contributed by atoms with Gasteiger partial charge in [0.05, 0.1) is 6.54 Å². The Morgan fingerprint density at radius 1 is 1.44 bits per heavy atom. The fraction of sp³-hybridized carbons (Fsp3) is 0.273. The Morgan fingerprint density at radius 2 is 2.17 bits per heavy atom. The van der Waals surface area contributed by atoms with Gasteiger partial charge in [-0.25, -0.2) is 4.98 Å². The van der Waals surface area contributed by atoms with E-state index in [1.807, 2.05) is 0 Å². The van der Waals surface area contributed by atoms with Crippen LogP contribution in [0.1, 0.15) is 16.1 Å². The number of carbonyl (C=O) groups is 1. The minimum Gasteiger partial charge on any atom is -0.342 e. The first kappa shape index (κ1) is 14.0. The molecule has 0 saturated carbocycles. The Balaban J connectivity index is 2.65. The molecule has 0 aliphatic carbocycles. The van der Waals surface area contributed by atoms with Crippen molar-refractivity contribution in [3.05, 3.63) is 29.6 Å². The van der Waals surface area contributed by atoms with Gasteiger partial charge in [-0.05, 0) is 12.1 Å². The van der Waals surface area contributed by atoms with E-state index in [1.165, 1.54) is 18.3 Å². The van der Waals surface area contributed by atoms with E-state index in [9.17, 15) is 18.0 Å². The SMILES string of the molecule is NCC#Cc1ccc(C(=O)NCC(F)(F)F)nc1. The molecule has 0 spiro atoms. The smallest absolute Gasteiger partial charge is 0.342 e. The lowest BCUT2D eigenvalue weighted by atomic mass is 10.2. The zero-order chi connectivity index (χ0) is 13.6. The van der Waals surface area contributed by atoms with Crippen molar-refractivity contribution >= 4 is 5.91 Å². The van der Waals surface area contributed by atoms with Crippen molar-refractivity contribution in [2.24, 2.45) is 5.73 Å². The molecule has 96 valence electrons. The molecular formula is C11H10F3N3O. The fourth-order valence-electron chi connectivity index (χ4n) is 1.03. The highest BCUT2D eigenvalue weighted by atomic mass is 19.4. The lowest BCUT2D eigenvalue weighted by Crippen LogP contribution is -2.34. The van der Waals surface area contributed by atoms with Crippen LogP contribution in [0.3, 0.4) is 0 Å². The minimum absolute atomic E-state index is 0.0995. The molecule has 1 rings (SSSR count). The molecule has 0 bridgehead atoms. The van der Waals surface area contributed by atoms with Crippen molar-refractivity contribution in [3.63, 3.8) is 0 Å². The molecule has 18 heavy (non-hydrogen) atoms. The van der Waals surface area contributed by atoms with Gasteiger partial charge in [-0.15, -0.1) is 0 Å². The van der Waals surface area contributed by atoms with E-state index in [0.717, 1.165) is 0 Å². The Morgan fingerprint density at radius 3 is 2.67 bits per heavy atom. The summed E-state index contributed by atoms with van der Waals surface area (Å²) in [5.41, 5.74) is 5.61. The molecule has 3 N–H and O–H groups in total. The van der Waals surface area contributed by atoms with Crippen LogP contribution in [0.4, 0.5) is 13.2 Å². The Kier molecular flexibility index (Phi) is 4.68. The minimum atomic E-state index is -4.44. The van der Waals surface area contributed by atoms with E-state index < -0.39 is 18.6 Å². The fourth-order valence-corrected chi connectivity index (χ4v) is 1.03. The Labute approximate surface area is 101 Å². The Bertz CT molecular complexity index is 471. The molecule has 0 radical (unpaired) electrons. The van der Waals surface area contributed by atoms with Crippen LogP contribution in [0.15, 0.2) is 18.3 Å². The number of aromatic nitrogens is 1. The summed E-state index contributed by atoms with van der Waals surface area (Å²) >= 11 is 0. The molecule has 1 amide bonds. The molecule has 0 fully saturated rings. The van der Waals surface area contributed by atoms with Gasteiger partial charge in [0.2, 0.25) is 0 Å². The molecule has 0 unspecified atom stereocenters.